The van der Waals surface area contributed by atoms with Gasteiger partial charge in [-0.2, -0.15) is 11.8 Å². The van der Waals surface area contributed by atoms with Gasteiger partial charge in [0.15, 0.2) is 5.82 Å². The van der Waals surface area contributed by atoms with E-state index in [0.29, 0.717) is 0 Å². The molecular weight excluding hydrogens is 310 g/mol. The third kappa shape index (κ3) is 4.68. The number of rotatable bonds is 6. The fourth-order valence-electron chi connectivity index (χ4n) is 3.50. The molecule has 1 N–H and O–H groups in total. The summed E-state index contributed by atoms with van der Waals surface area (Å²) in [5.74, 6) is 1.79. The Bertz CT molecular complexity index is 500. The SMILES string of the molecule is O=C(NCCCSC1CCCCC1)[C@@H]1CCCCn2nnnc21. The van der Waals surface area contributed by atoms with E-state index in [0.717, 1.165) is 55.6 Å². The van der Waals surface area contributed by atoms with Crippen LogP contribution in [0.4, 0.5) is 0 Å². The van der Waals surface area contributed by atoms with Crippen LogP contribution in [0.15, 0.2) is 0 Å². The molecule has 1 amide bonds. The van der Waals surface area contributed by atoms with Crippen molar-refractivity contribution in [2.24, 2.45) is 0 Å². The summed E-state index contributed by atoms with van der Waals surface area (Å²) in [5.41, 5.74) is 0. The number of aryl methyl sites for hydroxylation is 1. The second-order valence-electron chi connectivity index (χ2n) is 6.58. The minimum absolute atomic E-state index is 0.0885. The molecule has 0 spiro atoms. The van der Waals surface area contributed by atoms with Crippen molar-refractivity contribution in [3.63, 3.8) is 0 Å². The van der Waals surface area contributed by atoms with Crippen LogP contribution in [0.25, 0.3) is 0 Å². The second-order valence-corrected chi connectivity index (χ2v) is 7.99. The van der Waals surface area contributed by atoms with Crippen LogP contribution in [0.2, 0.25) is 0 Å². The number of nitrogens with one attached hydrogen (secondary N) is 1. The van der Waals surface area contributed by atoms with E-state index in [4.69, 9.17) is 0 Å². The molecule has 1 aromatic rings. The number of fused-ring (bicyclic) bond motifs is 1. The van der Waals surface area contributed by atoms with Gasteiger partial charge in [0, 0.05) is 18.3 Å². The van der Waals surface area contributed by atoms with Crippen LogP contribution in [0.5, 0.6) is 0 Å². The molecule has 1 aliphatic heterocycles. The first-order valence-corrected chi connectivity index (χ1v) is 10.0. The van der Waals surface area contributed by atoms with Crippen LogP contribution in [-0.2, 0) is 11.3 Å². The van der Waals surface area contributed by atoms with Crippen molar-refractivity contribution in [3.05, 3.63) is 5.82 Å². The van der Waals surface area contributed by atoms with E-state index < -0.39 is 0 Å². The zero-order chi connectivity index (χ0) is 15.9. The third-order valence-corrected chi connectivity index (χ3v) is 6.29. The number of carbonyl (C=O) groups excluding carboxylic acids is 1. The first kappa shape index (κ1) is 16.7. The van der Waals surface area contributed by atoms with E-state index in [1.54, 1.807) is 4.68 Å². The molecule has 0 aromatic carbocycles. The van der Waals surface area contributed by atoms with Crippen LogP contribution in [-0.4, -0.2) is 43.7 Å². The molecule has 0 bridgehead atoms. The van der Waals surface area contributed by atoms with Crippen molar-refractivity contribution in [1.29, 1.82) is 0 Å². The minimum Gasteiger partial charge on any atom is -0.355 e. The van der Waals surface area contributed by atoms with Crippen LogP contribution in [0.1, 0.15) is 69.5 Å². The molecule has 2 aliphatic rings. The van der Waals surface area contributed by atoms with Gasteiger partial charge in [0.25, 0.3) is 0 Å². The van der Waals surface area contributed by atoms with Gasteiger partial charge in [-0.15, -0.1) is 5.10 Å². The van der Waals surface area contributed by atoms with Gasteiger partial charge in [-0.3, -0.25) is 4.79 Å². The van der Waals surface area contributed by atoms with Crippen LogP contribution in [0, 0.1) is 0 Å². The Morgan fingerprint density at radius 1 is 1.17 bits per heavy atom. The van der Waals surface area contributed by atoms with E-state index >= 15 is 0 Å². The quantitative estimate of drug-likeness (QED) is 0.808. The molecule has 23 heavy (non-hydrogen) atoms. The third-order valence-electron chi connectivity index (χ3n) is 4.83. The molecule has 1 aromatic heterocycles. The van der Waals surface area contributed by atoms with Crippen molar-refractivity contribution in [2.75, 3.05) is 12.3 Å². The average molecular weight is 337 g/mol. The Labute approximate surface area is 142 Å². The summed E-state index contributed by atoms with van der Waals surface area (Å²) in [6.07, 6.45) is 10.9. The van der Waals surface area contributed by atoms with E-state index in [1.807, 2.05) is 0 Å². The fraction of sp³-hybridized carbons (Fsp3) is 0.875. The van der Waals surface area contributed by atoms with Crippen LogP contribution in [0.3, 0.4) is 0 Å². The molecule has 1 saturated carbocycles. The number of nitrogens with zero attached hydrogens (tertiary/aromatic N) is 4. The van der Waals surface area contributed by atoms with Crippen LogP contribution >= 0.6 is 11.8 Å². The first-order chi connectivity index (χ1) is 11.3. The molecule has 128 valence electrons. The Balaban J connectivity index is 1.38. The molecule has 0 saturated heterocycles. The molecule has 6 nitrogen and oxygen atoms in total. The summed E-state index contributed by atoms with van der Waals surface area (Å²) < 4.78 is 1.79. The lowest BCUT2D eigenvalue weighted by molar-refractivity contribution is -0.122. The molecule has 1 atom stereocenters. The Morgan fingerprint density at radius 3 is 2.87 bits per heavy atom. The molecule has 0 unspecified atom stereocenters. The van der Waals surface area contributed by atoms with E-state index in [9.17, 15) is 4.79 Å². The summed E-state index contributed by atoms with van der Waals surface area (Å²) in [5, 5.41) is 15.7. The minimum atomic E-state index is -0.182. The Morgan fingerprint density at radius 2 is 2.00 bits per heavy atom. The fourth-order valence-corrected chi connectivity index (χ4v) is 4.81. The van der Waals surface area contributed by atoms with Gasteiger partial charge in [-0.1, -0.05) is 25.7 Å². The van der Waals surface area contributed by atoms with Gasteiger partial charge >= 0.3 is 0 Å². The molecule has 2 heterocycles. The molecule has 3 rings (SSSR count). The lowest BCUT2D eigenvalue weighted by Gasteiger charge is -2.21. The van der Waals surface area contributed by atoms with Crippen molar-refractivity contribution in [2.45, 2.75) is 75.5 Å². The Kier molecular flexibility index (Phi) is 6.30. The number of hydrogen-bond acceptors (Lipinski definition) is 5. The number of aromatic nitrogens is 4. The maximum Gasteiger partial charge on any atom is 0.230 e. The highest BCUT2D eigenvalue weighted by Gasteiger charge is 2.28. The predicted molar refractivity (Wildman–Crippen MR) is 91.4 cm³/mol. The monoisotopic (exact) mass is 337 g/mol. The normalized spacial score (nSPS) is 22.3. The zero-order valence-corrected chi connectivity index (χ0v) is 14.6. The second kappa shape index (κ2) is 8.66. The molecule has 0 radical (unpaired) electrons. The predicted octanol–water partition coefficient (Wildman–Crippen LogP) is 2.51. The number of tetrazole rings is 1. The largest absolute Gasteiger partial charge is 0.355 e. The number of amides is 1. The van der Waals surface area contributed by atoms with Gasteiger partial charge in [0.1, 0.15) is 0 Å². The highest BCUT2D eigenvalue weighted by molar-refractivity contribution is 7.99. The summed E-state index contributed by atoms with van der Waals surface area (Å²) in [7, 11) is 0. The van der Waals surface area contributed by atoms with Crippen molar-refractivity contribution < 1.29 is 4.79 Å². The van der Waals surface area contributed by atoms with Gasteiger partial charge in [-0.05, 0) is 48.3 Å². The maximum absolute atomic E-state index is 12.4. The van der Waals surface area contributed by atoms with Gasteiger partial charge in [-0.25, -0.2) is 4.68 Å². The summed E-state index contributed by atoms with van der Waals surface area (Å²) in [6, 6.07) is 0. The summed E-state index contributed by atoms with van der Waals surface area (Å²) in [4.78, 5) is 12.4. The number of thioether (sulfide) groups is 1. The number of carbonyl (C=O) groups is 1. The van der Waals surface area contributed by atoms with Crippen LogP contribution < -0.4 is 5.32 Å². The zero-order valence-electron chi connectivity index (χ0n) is 13.7. The lowest BCUT2D eigenvalue weighted by Crippen LogP contribution is -2.31. The number of hydrogen-bond donors (Lipinski definition) is 1. The highest BCUT2D eigenvalue weighted by Crippen LogP contribution is 2.28. The molecule has 1 aliphatic carbocycles. The smallest absolute Gasteiger partial charge is 0.230 e. The van der Waals surface area contributed by atoms with Gasteiger partial charge < -0.3 is 5.32 Å². The van der Waals surface area contributed by atoms with E-state index in [1.165, 1.54) is 32.1 Å². The van der Waals surface area contributed by atoms with E-state index in [2.05, 4.69) is 32.6 Å². The van der Waals surface area contributed by atoms with Gasteiger partial charge in [0.05, 0.1) is 5.92 Å². The Hall–Kier alpha value is -1.11. The topological polar surface area (TPSA) is 72.7 Å². The van der Waals surface area contributed by atoms with E-state index in [-0.39, 0.29) is 11.8 Å². The molecular formula is C16H27N5OS. The van der Waals surface area contributed by atoms with Crippen molar-refractivity contribution >= 4 is 17.7 Å². The van der Waals surface area contributed by atoms with Crippen molar-refractivity contribution in [3.8, 4) is 0 Å². The first-order valence-electron chi connectivity index (χ1n) is 9.00. The molecule has 7 heteroatoms. The van der Waals surface area contributed by atoms with Gasteiger partial charge in [0.2, 0.25) is 5.91 Å². The summed E-state index contributed by atoms with van der Waals surface area (Å²) in [6.45, 7) is 1.58. The maximum atomic E-state index is 12.4. The summed E-state index contributed by atoms with van der Waals surface area (Å²) >= 11 is 2.09. The standard InChI is InChI=1S/C16H27N5OS/c22-16(14-9-4-5-11-21-15(14)18-19-20-21)17-10-6-12-23-13-7-2-1-3-8-13/h13-14H,1-12H2,(H,17,22)/t14-/m1/s1. The molecule has 1 fully saturated rings. The highest BCUT2D eigenvalue weighted by atomic mass is 32.2. The lowest BCUT2D eigenvalue weighted by atomic mass is 10.0. The van der Waals surface area contributed by atoms with Crippen molar-refractivity contribution in [1.82, 2.24) is 25.5 Å². The average Bonchev–Trinajstić information content (AvgIpc) is 2.94.